The van der Waals surface area contributed by atoms with Crippen molar-refractivity contribution >= 4 is 0 Å². The van der Waals surface area contributed by atoms with E-state index in [4.69, 9.17) is 0 Å². The van der Waals surface area contributed by atoms with E-state index in [1.165, 1.54) is 0 Å². The van der Waals surface area contributed by atoms with E-state index in [1.807, 2.05) is 0 Å². The Balaban J connectivity index is 1.97. The van der Waals surface area contributed by atoms with E-state index in [0.29, 0.717) is 6.04 Å². The maximum atomic E-state index is 9.29. The van der Waals surface area contributed by atoms with Gasteiger partial charge in [-0.3, -0.25) is 4.90 Å². The Labute approximate surface area is 61.0 Å². The zero-order chi connectivity index (χ0) is 6.97. The summed E-state index contributed by atoms with van der Waals surface area (Å²) in [6.07, 6.45) is 0.900. The van der Waals surface area contributed by atoms with Crippen LogP contribution in [0.5, 0.6) is 0 Å². The quantitative estimate of drug-likeness (QED) is 0.456. The Morgan fingerprint density at radius 2 is 2.40 bits per heavy atom. The summed E-state index contributed by atoms with van der Waals surface area (Å²) < 4.78 is 0. The largest absolute Gasteiger partial charge is 0.392 e. The first kappa shape index (κ1) is 6.58. The number of aliphatic hydroxyl groups excluding tert-OH is 1. The van der Waals surface area contributed by atoms with Crippen LogP contribution in [0.1, 0.15) is 6.42 Å². The predicted octanol–water partition coefficient (Wildman–Crippen LogP) is -0.975. The number of hydrogen-bond acceptors (Lipinski definition) is 3. The monoisotopic (exact) mass is 142 g/mol. The summed E-state index contributed by atoms with van der Waals surface area (Å²) in [4.78, 5) is 2.38. The molecule has 0 bridgehead atoms. The molecule has 2 aliphatic rings. The number of nitrogens with zero attached hydrogens (tertiary/aromatic N) is 1. The number of aliphatic hydroxyl groups is 1. The molecule has 2 rings (SSSR count). The molecule has 2 atom stereocenters. The molecule has 3 heteroatoms. The van der Waals surface area contributed by atoms with Gasteiger partial charge in [0.1, 0.15) is 0 Å². The van der Waals surface area contributed by atoms with Crippen molar-refractivity contribution in [1.82, 2.24) is 10.2 Å². The number of piperazine rings is 1. The second kappa shape index (κ2) is 2.49. The Morgan fingerprint density at radius 3 is 3.20 bits per heavy atom. The highest BCUT2D eigenvalue weighted by molar-refractivity contribution is 4.89. The van der Waals surface area contributed by atoms with Crippen LogP contribution in [0, 0.1) is 0 Å². The summed E-state index contributed by atoms with van der Waals surface area (Å²) in [5.41, 5.74) is 0. The molecule has 1 unspecified atom stereocenters. The molecule has 10 heavy (non-hydrogen) atoms. The molecule has 3 nitrogen and oxygen atoms in total. The molecule has 0 aromatic carbocycles. The van der Waals surface area contributed by atoms with Gasteiger partial charge in [0.25, 0.3) is 0 Å². The third-order valence-electron chi connectivity index (χ3n) is 2.46. The zero-order valence-electron chi connectivity index (χ0n) is 6.08. The molecule has 58 valence electrons. The van der Waals surface area contributed by atoms with Gasteiger partial charge in [-0.05, 0) is 6.42 Å². The molecule has 2 N–H and O–H groups in total. The minimum Gasteiger partial charge on any atom is -0.392 e. The summed E-state index contributed by atoms with van der Waals surface area (Å²) in [6, 6.07) is 0.615. The lowest BCUT2D eigenvalue weighted by atomic mass is 10.2. The Kier molecular flexibility index (Phi) is 1.64. The molecule has 0 radical (unpaired) electrons. The third kappa shape index (κ3) is 1.05. The van der Waals surface area contributed by atoms with E-state index in [9.17, 15) is 5.11 Å². The predicted molar refractivity (Wildman–Crippen MR) is 38.9 cm³/mol. The van der Waals surface area contributed by atoms with Gasteiger partial charge in [-0.2, -0.15) is 0 Å². The Bertz CT molecular complexity index is 115. The van der Waals surface area contributed by atoms with Crippen molar-refractivity contribution in [3.05, 3.63) is 0 Å². The van der Waals surface area contributed by atoms with Gasteiger partial charge in [-0.25, -0.2) is 0 Å². The fourth-order valence-electron chi connectivity index (χ4n) is 1.94. The number of fused-ring (bicyclic) bond motifs is 1. The molecule has 2 saturated heterocycles. The first-order valence-electron chi connectivity index (χ1n) is 3.99. The highest BCUT2D eigenvalue weighted by Gasteiger charge is 2.31. The molecular weight excluding hydrogens is 128 g/mol. The van der Waals surface area contributed by atoms with Crippen molar-refractivity contribution < 1.29 is 5.11 Å². The topological polar surface area (TPSA) is 35.5 Å². The SMILES string of the molecule is OC1C[C@H]2CNCCN2C1. The second-order valence-corrected chi connectivity index (χ2v) is 3.24. The average molecular weight is 142 g/mol. The van der Waals surface area contributed by atoms with E-state index in [0.717, 1.165) is 32.6 Å². The van der Waals surface area contributed by atoms with Crippen molar-refractivity contribution in [3.63, 3.8) is 0 Å². The molecule has 0 saturated carbocycles. The molecule has 2 aliphatic heterocycles. The smallest absolute Gasteiger partial charge is 0.0682 e. The average Bonchev–Trinajstić information content (AvgIpc) is 2.27. The van der Waals surface area contributed by atoms with Crippen LogP contribution < -0.4 is 5.32 Å². The lowest BCUT2D eigenvalue weighted by molar-refractivity contribution is 0.170. The Morgan fingerprint density at radius 1 is 1.50 bits per heavy atom. The molecule has 0 amide bonds. The minimum absolute atomic E-state index is 0.0649. The van der Waals surface area contributed by atoms with E-state index in [1.54, 1.807) is 0 Å². The molecule has 2 fully saturated rings. The van der Waals surface area contributed by atoms with Crippen molar-refractivity contribution in [2.45, 2.75) is 18.6 Å². The molecule has 2 heterocycles. The summed E-state index contributed by atoms with van der Waals surface area (Å²) in [7, 11) is 0. The van der Waals surface area contributed by atoms with Crippen LogP contribution in [-0.4, -0.2) is 48.3 Å². The minimum atomic E-state index is -0.0649. The van der Waals surface area contributed by atoms with Crippen LogP contribution in [0.2, 0.25) is 0 Å². The Hall–Kier alpha value is -0.120. The molecular formula is C7H14N2O. The summed E-state index contributed by atoms with van der Waals surface area (Å²) >= 11 is 0. The van der Waals surface area contributed by atoms with Crippen LogP contribution in [0.25, 0.3) is 0 Å². The third-order valence-corrected chi connectivity index (χ3v) is 2.46. The standard InChI is InChI=1S/C7H14N2O/c10-7-3-6-4-8-1-2-9(6)5-7/h6-8,10H,1-5H2/t6-,7?/m0/s1. The molecule has 0 aliphatic carbocycles. The van der Waals surface area contributed by atoms with Gasteiger partial charge >= 0.3 is 0 Å². The maximum absolute atomic E-state index is 9.29. The van der Waals surface area contributed by atoms with E-state index >= 15 is 0 Å². The van der Waals surface area contributed by atoms with E-state index < -0.39 is 0 Å². The molecule has 0 aromatic rings. The lowest BCUT2D eigenvalue weighted by Crippen LogP contribution is -2.47. The first-order chi connectivity index (χ1) is 4.86. The van der Waals surface area contributed by atoms with Crippen LogP contribution in [0.15, 0.2) is 0 Å². The van der Waals surface area contributed by atoms with Gasteiger partial charge < -0.3 is 10.4 Å². The normalized spacial score (nSPS) is 41.7. The van der Waals surface area contributed by atoms with Gasteiger partial charge in [0.2, 0.25) is 0 Å². The maximum Gasteiger partial charge on any atom is 0.0682 e. The number of nitrogens with one attached hydrogen (secondary N) is 1. The van der Waals surface area contributed by atoms with Crippen LogP contribution in [0.4, 0.5) is 0 Å². The summed E-state index contributed by atoms with van der Waals surface area (Å²) in [6.45, 7) is 4.16. The van der Waals surface area contributed by atoms with Crippen LogP contribution in [0.3, 0.4) is 0 Å². The second-order valence-electron chi connectivity index (χ2n) is 3.24. The lowest BCUT2D eigenvalue weighted by Gasteiger charge is -2.29. The van der Waals surface area contributed by atoms with Gasteiger partial charge in [0.05, 0.1) is 6.10 Å². The zero-order valence-corrected chi connectivity index (χ0v) is 6.08. The van der Waals surface area contributed by atoms with E-state index in [2.05, 4.69) is 10.2 Å². The molecule has 0 aromatic heterocycles. The van der Waals surface area contributed by atoms with Gasteiger partial charge in [-0.15, -0.1) is 0 Å². The summed E-state index contributed by atoms with van der Waals surface area (Å²) in [5.74, 6) is 0. The summed E-state index contributed by atoms with van der Waals surface area (Å²) in [5, 5.41) is 12.6. The van der Waals surface area contributed by atoms with Crippen molar-refractivity contribution in [2.75, 3.05) is 26.2 Å². The van der Waals surface area contributed by atoms with Crippen LogP contribution >= 0.6 is 0 Å². The fourth-order valence-corrected chi connectivity index (χ4v) is 1.94. The van der Waals surface area contributed by atoms with Gasteiger partial charge in [0, 0.05) is 32.2 Å². The fraction of sp³-hybridized carbons (Fsp3) is 1.00. The number of hydrogen-bond donors (Lipinski definition) is 2. The first-order valence-corrected chi connectivity index (χ1v) is 3.99. The van der Waals surface area contributed by atoms with Crippen molar-refractivity contribution in [2.24, 2.45) is 0 Å². The van der Waals surface area contributed by atoms with E-state index in [-0.39, 0.29) is 6.10 Å². The highest BCUT2D eigenvalue weighted by Crippen LogP contribution is 2.18. The number of rotatable bonds is 0. The van der Waals surface area contributed by atoms with Gasteiger partial charge in [-0.1, -0.05) is 0 Å². The molecule has 0 spiro atoms. The van der Waals surface area contributed by atoms with Crippen LogP contribution in [-0.2, 0) is 0 Å². The van der Waals surface area contributed by atoms with Crippen molar-refractivity contribution in [1.29, 1.82) is 0 Å². The highest BCUT2D eigenvalue weighted by atomic mass is 16.3. The van der Waals surface area contributed by atoms with Gasteiger partial charge in [0.15, 0.2) is 0 Å². The van der Waals surface area contributed by atoms with Crippen molar-refractivity contribution in [3.8, 4) is 0 Å².